The molecule has 4 atom stereocenters. The molecule has 1 aliphatic heterocycles. The normalized spacial score (nSPS) is 25.2. The van der Waals surface area contributed by atoms with Crippen molar-refractivity contribution in [2.75, 3.05) is 11.9 Å². The zero-order valence-electron chi connectivity index (χ0n) is 17.3. The molecular formula is C24H19ClIN3O4. The van der Waals surface area contributed by atoms with E-state index in [1.807, 2.05) is 6.07 Å². The molecule has 3 aliphatic rings. The second kappa shape index (κ2) is 8.90. The molecule has 1 heterocycles. The topological polar surface area (TPSA) is 88.1 Å². The van der Waals surface area contributed by atoms with Crippen molar-refractivity contribution >= 4 is 63.8 Å². The lowest BCUT2D eigenvalue weighted by Crippen LogP contribution is -2.28. The quantitative estimate of drug-likeness (QED) is 0.243. The van der Waals surface area contributed by atoms with Gasteiger partial charge >= 0.3 is 0 Å². The van der Waals surface area contributed by atoms with Gasteiger partial charge in [0.1, 0.15) is 5.75 Å². The van der Waals surface area contributed by atoms with Crippen LogP contribution in [0.2, 0.25) is 5.02 Å². The number of allylic oxidation sites excluding steroid dienone is 2. The van der Waals surface area contributed by atoms with Crippen molar-refractivity contribution in [3.05, 3.63) is 68.8 Å². The summed E-state index contributed by atoms with van der Waals surface area (Å²) in [4.78, 5) is 37.6. The minimum Gasteiger partial charge on any atom is -0.483 e. The number of carbonyl (C=O) groups is 3. The third-order valence-electron chi connectivity index (χ3n) is 6.21. The maximum Gasteiger partial charge on any atom is 0.262 e. The lowest BCUT2D eigenvalue weighted by Gasteiger charge is -2.13. The van der Waals surface area contributed by atoms with E-state index in [1.165, 1.54) is 6.21 Å². The van der Waals surface area contributed by atoms with E-state index in [1.54, 1.807) is 36.4 Å². The molecule has 1 saturated carbocycles. The Morgan fingerprint density at radius 2 is 1.79 bits per heavy atom. The van der Waals surface area contributed by atoms with Gasteiger partial charge in [-0.25, -0.2) is 0 Å². The molecule has 3 amide bonds. The van der Waals surface area contributed by atoms with Gasteiger partial charge in [0.15, 0.2) is 6.61 Å². The Balaban J connectivity index is 1.19. The zero-order chi connectivity index (χ0) is 23.1. The zero-order valence-corrected chi connectivity index (χ0v) is 20.2. The number of benzene rings is 2. The molecule has 9 heteroatoms. The van der Waals surface area contributed by atoms with E-state index in [0.29, 0.717) is 16.5 Å². The molecule has 5 rings (SSSR count). The first-order valence-corrected chi connectivity index (χ1v) is 11.9. The number of nitrogens with one attached hydrogen (secondary N) is 1. The number of hydrazone groups is 1. The molecule has 2 aromatic carbocycles. The summed E-state index contributed by atoms with van der Waals surface area (Å²) in [6.07, 6.45) is 6.51. The number of imide groups is 1. The van der Waals surface area contributed by atoms with Crippen molar-refractivity contribution in [1.82, 2.24) is 5.01 Å². The van der Waals surface area contributed by atoms with E-state index >= 15 is 0 Å². The van der Waals surface area contributed by atoms with Crippen LogP contribution in [0.5, 0.6) is 5.75 Å². The number of amides is 3. The summed E-state index contributed by atoms with van der Waals surface area (Å²) in [6.45, 7) is -0.151. The number of carbonyl (C=O) groups excluding carboxylic acids is 3. The van der Waals surface area contributed by atoms with E-state index in [-0.39, 0.29) is 48.0 Å². The Morgan fingerprint density at radius 3 is 2.42 bits per heavy atom. The number of halogens is 2. The van der Waals surface area contributed by atoms with Crippen LogP contribution in [0, 0.1) is 27.2 Å². The van der Waals surface area contributed by atoms with Gasteiger partial charge < -0.3 is 10.1 Å². The van der Waals surface area contributed by atoms with Gasteiger partial charge in [0.2, 0.25) is 0 Å². The summed E-state index contributed by atoms with van der Waals surface area (Å²) in [5.74, 6) is -0.377. The van der Waals surface area contributed by atoms with Gasteiger partial charge in [-0.05, 0) is 88.9 Å². The van der Waals surface area contributed by atoms with Crippen LogP contribution < -0.4 is 10.1 Å². The Labute approximate surface area is 208 Å². The lowest BCUT2D eigenvalue weighted by molar-refractivity contribution is -0.140. The summed E-state index contributed by atoms with van der Waals surface area (Å²) < 4.78 is 6.40. The number of anilines is 1. The third-order valence-corrected chi connectivity index (χ3v) is 7.31. The molecule has 2 fully saturated rings. The highest BCUT2D eigenvalue weighted by Crippen LogP contribution is 2.52. The molecule has 1 N–H and O–H groups in total. The minimum absolute atomic E-state index is 0.151. The van der Waals surface area contributed by atoms with Crippen molar-refractivity contribution in [2.24, 2.45) is 28.8 Å². The summed E-state index contributed by atoms with van der Waals surface area (Å²) in [6, 6.07) is 12.1. The van der Waals surface area contributed by atoms with Gasteiger partial charge in [-0.15, -0.1) is 0 Å². The first kappa shape index (κ1) is 22.1. The van der Waals surface area contributed by atoms with Crippen LogP contribution in [0.3, 0.4) is 0 Å². The molecule has 0 unspecified atom stereocenters. The lowest BCUT2D eigenvalue weighted by atomic mass is 9.85. The second-order valence-electron chi connectivity index (χ2n) is 8.27. The van der Waals surface area contributed by atoms with Crippen molar-refractivity contribution in [1.29, 1.82) is 0 Å². The van der Waals surface area contributed by atoms with Gasteiger partial charge in [-0.3, -0.25) is 14.4 Å². The predicted molar refractivity (Wildman–Crippen MR) is 132 cm³/mol. The van der Waals surface area contributed by atoms with Gasteiger partial charge in [0.25, 0.3) is 17.7 Å². The molecule has 2 aliphatic carbocycles. The van der Waals surface area contributed by atoms with Crippen LogP contribution >= 0.6 is 34.2 Å². The fourth-order valence-corrected chi connectivity index (χ4v) is 5.53. The third kappa shape index (κ3) is 4.29. The highest BCUT2D eigenvalue weighted by atomic mass is 127. The van der Waals surface area contributed by atoms with Crippen LogP contribution in [0.4, 0.5) is 5.69 Å². The number of hydrogen-bond donors (Lipinski definition) is 1. The van der Waals surface area contributed by atoms with E-state index in [9.17, 15) is 14.4 Å². The number of rotatable bonds is 6. The molecule has 2 aromatic rings. The standard InChI is InChI=1S/C24H19ClIN3O4/c25-16-4-6-17(7-5-16)28-20(30)12-33-19-8-1-13(9-18(19)26)11-27-29-23(31)21-14-2-3-15(10-14)22(21)24(29)32/h1-9,11,14-15,21-22H,10,12H2,(H,28,30)/t14-,15-,21-,22+/m0/s1. The number of fused-ring (bicyclic) bond motifs is 5. The fraction of sp³-hybridized carbons (Fsp3) is 0.250. The SMILES string of the molecule is O=C(COc1ccc(C=NN2C(=O)[C@@H]3[C@H](C2=O)[C@H]2C=C[C@H]3C2)cc1I)Nc1ccc(Cl)cc1. The van der Waals surface area contributed by atoms with Gasteiger partial charge in [0, 0.05) is 10.7 Å². The van der Waals surface area contributed by atoms with Gasteiger partial charge in [-0.1, -0.05) is 23.8 Å². The maximum atomic E-state index is 12.7. The van der Waals surface area contributed by atoms with E-state index in [4.69, 9.17) is 16.3 Å². The Morgan fingerprint density at radius 1 is 1.12 bits per heavy atom. The Hall–Kier alpha value is -2.72. The van der Waals surface area contributed by atoms with E-state index < -0.39 is 0 Å². The molecular weight excluding hydrogens is 557 g/mol. The summed E-state index contributed by atoms with van der Waals surface area (Å²) in [5, 5.41) is 8.55. The van der Waals surface area contributed by atoms with Gasteiger partial charge in [-0.2, -0.15) is 10.1 Å². The van der Waals surface area contributed by atoms with Crippen molar-refractivity contribution in [3.63, 3.8) is 0 Å². The van der Waals surface area contributed by atoms with Crippen LogP contribution in [-0.2, 0) is 14.4 Å². The Bertz CT molecular complexity index is 1170. The van der Waals surface area contributed by atoms with Crippen LogP contribution in [-0.4, -0.2) is 35.6 Å². The summed E-state index contributed by atoms with van der Waals surface area (Å²) in [7, 11) is 0. The molecule has 7 nitrogen and oxygen atoms in total. The fourth-order valence-electron chi connectivity index (χ4n) is 4.71. The molecule has 1 saturated heterocycles. The van der Waals surface area contributed by atoms with Crippen LogP contribution in [0.1, 0.15) is 12.0 Å². The van der Waals surface area contributed by atoms with Crippen molar-refractivity contribution in [3.8, 4) is 5.75 Å². The molecule has 0 spiro atoms. The summed E-state index contributed by atoms with van der Waals surface area (Å²) in [5.41, 5.74) is 1.35. The van der Waals surface area contributed by atoms with Crippen molar-refractivity contribution < 1.29 is 19.1 Å². The maximum absolute atomic E-state index is 12.7. The number of hydrogen-bond acceptors (Lipinski definition) is 5. The first-order valence-electron chi connectivity index (χ1n) is 10.5. The second-order valence-corrected chi connectivity index (χ2v) is 9.86. The highest BCUT2D eigenvalue weighted by molar-refractivity contribution is 14.1. The molecule has 168 valence electrons. The smallest absolute Gasteiger partial charge is 0.262 e. The molecule has 33 heavy (non-hydrogen) atoms. The monoisotopic (exact) mass is 575 g/mol. The number of ether oxygens (including phenoxy) is 1. The van der Waals surface area contributed by atoms with Crippen LogP contribution in [0.15, 0.2) is 59.7 Å². The Kier molecular flexibility index (Phi) is 5.96. The van der Waals surface area contributed by atoms with E-state index in [0.717, 1.165) is 20.6 Å². The van der Waals surface area contributed by atoms with Gasteiger partial charge in [0.05, 0.1) is 21.6 Å². The summed E-state index contributed by atoms with van der Waals surface area (Å²) >= 11 is 7.95. The molecule has 0 aromatic heterocycles. The molecule has 2 bridgehead atoms. The van der Waals surface area contributed by atoms with Crippen molar-refractivity contribution in [2.45, 2.75) is 6.42 Å². The largest absolute Gasteiger partial charge is 0.483 e. The first-order chi connectivity index (χ1) is 15.9. The number of nitrogens with zero attached hydrogens (tertiary/aromatic N) is 2. The van der Waals surface area contributed by atoms with Crippen LogP contribution in [0.25, 0.3) is 0 Å². The predicted octanol–water partition coefficient (Wildman–Crippen LogP) is 4.10. The minimum atomic E-state index is -0.293. The molecule has 0 radical (unpaired) electrons. The highest BCUT2D eigenvalue weighted by Gasteiger charge is 2.59. The van der Waals surface area contributed by atoms with E-state index in [2.05, 4.69) is 45.2 Å². The average Bonchev–Trinajstić information content (AvgIpc) is 3.47. The average molecular weight is 576 g/mol.